The van der Waals surface area contributed by atoms with Crippen molar-refractivity contribution in [3.05, 3.63) is 40.0 Å². The minimum Gasteiger partial charge on any atom is -0.465 e. The van der Waals surface area contributed by atoms with E-state index in [9.17, 15) is 23.5 Å². The molecule has 2 amide bonds. The second kappa shape index (κ2) is 11.5. The fourth-order valence-corrected chi connectivity index (χ4v) is 5.10. The minimum atomic E-state index is -3.07. The zero-order valence-electron chi connectivity index (χ0n) is 19.9. The van der Waals surface area contributed by atoms with Gasteiger partial charge in [0.05, 0.1) is 12.2 Å². The first kappa shape index (κ1) is 26.9. The molecule has 4 rings (SSSR count). The van der Waals surface area contributed by atoms with E-state index in [-0.39, 0.29) is 23.4 Å². The molecule has 0 spiro atoms. The molecular formula is C23H26Cl2F2N6O4. The van der Waals surface area contributed by atoms with Crippen LogP contribution >= 0.6 is 23.2 Å². The maximum absolute atomic E-state index is 13.0. The lowest BCUT2D eigenvalue weighted by Crippen LogP contribution is -2.54. The van der Waals surface area contributed by atoms with Crippen LogP contribution in [0, 0.1) is 0 Å². The number of anilines is 2. The highest BCUT2D eigenvalue weighted by molar-refractivity contribution is 6.35. The molecule has 0 radical (unpaired) electrons. The predicted molar refractivity (Wildman–Crippen MR) is 134 cm³/mol. The largest absolute Gasteiger partial charge is 0.465 e. The van der Waals surface area contributed by atoms with E-state index >= 15 is 0 Å². The lowest BCUT2D eigenvalue weighted by Gasteiger charge is -2.37. The number of likely N-dealkylation sites (tertiary alicyclic amines) is 1. The number of piperazine rings is 1. The second-order valence-corrected chi connectivity index (χ2v) is 9.58. The van der Waals surface area contributed by atoms with Gasteiger partial charge in [-0.1, -0.05) is 29.3 Å². The van der Waals surface area contributed by atoms with Gasteiger partial charge < -0.3 is 25.0 Å². The Morgan fingerprint density at radius 3 is 2.57 bits per heavy atom. The van der Waals surface area contributed by atoms with Gasteiger partial charge >= 0.3 is 12.7 Å². The van der Waals surface area contributed by atoms with Crippen molar-refractivity contribution in [1.29, 1.82) is 0 Å². The summed E-state index contributed by atoms with van der Waals surface area (Å²) in [7, 11) is 0. The Balaban J connectivity index is 1.47. The average molecular weight is 559 g/mol. The topological polar surface area (TPSA) is 111 Å². The number of amides is 2. The number of rotatable bonds is 7. The van der Waals surface area contributed by atoms with Crippen LogP contribution in [0.3, 0.4) is 0 Å². The molecule has 0 saturated carbocycles. The summed E-state index contributed by atoms with van der Waals surface area (Å²) in [5.74, 6) is -0.0966. The lowest BCUT2D eigenvalue weighted by molar-refractivity contribution is -0.135. The van der Waals surface area contributed by atoms with Gasteiger partial charge in [-0.25, -0.2) is 9.78 Å². The predicted octanol–water partition coefficient (Wildman–Crippen LogP) is 4.35. The third kappa shape index (κ3) is 6.24. The van der Waals surface area contributed by atoms with Crippen molar-refractivity contribution in [3.8, 4) is 5.75 Å². The first-order chi connectivity index (χ1) is 17.6. The van der Waals surface area contributed by atoms with Crippen molar-refractivity contribution in [2.45, 2.75) is 38.5 Å². The summed E-state index contributed by atoms with van der Waals surface area (Å²) in [6.07, 6.45) is 1.24. The molecule has 0 bridgehead atoms. The molecule has 1 aromatic carbocycles. The number of hydrogen-bond acceptors (Lipinski definition) is 7. The van der Waals surface area contributed by atoms with Gasteiger partial charge in [0.2, 0.25) is 11.9 Å². The van der Waals surface area contributed by atoms with Crippen LogP contribution in [0.25, 0.3) is 0 Å². The molecule has 2 aromatic rings. The van der Waals surface area contributed by atoms with Crippen molar-refractivity contribution in [2.24, 2.45) is 0 Å². The third-order valence-corrected chi connectivity index (χ3v) is 6.96. The number of aromatic nitrogens is 2. The van der Waals surface area contributed by atoms with E-state index in [4.69, 9.17) is 23.2 Å². The molecular weight excluding hydrogens is 533 g/mol. The highest BCUT2D eigenvalue weighted by Gasteiger charge is 2.37. The van der Waals surface area contributed by atoms with E-state index in [2.05, 4.69) is 20.0 Å². The van der Waals surface area contributed by atoms with Gasteiger partial charge in [0.1, 0.15) is 6.04 Å². The van der Waals surface area contributed by atoms with Gasteiger partial charge in [-0.15, -0.1) is 0 Å². The molecule has 37 heavy (non-hydrogen) atoms. The molecule has 14 heteroatoms. The maximum atomic E-state index is 13.0. The van der Waals surface area contributed by atoms with Gasteiger partial charge in [-0.3, -0.25) is 9.69 Å². The summed E-state index contributed by atoms with van der Waals surface area (Å²) < 4.78 is 30.6. The number of carbonyl (C=O) groups excluding carboxylic acids is 1. The van der Waals surface area contributed by atoms with Crippen LogP contribution in [0.1, 0.15) is 31.4 Å². The second-order valence-electron chi connectivity index (χ2n) is 8.74. The summed E-state index contributed by atoms with van der Waals surface area (Å²) in [6, 6.07) is 3.89. The number of nitrogens with one attached hydrogen (secondary N) is 1. The van der Waals surface area contributed by atoms with E-state index in [0.29, 0.717) is 61.2 Å². The minimum absolute atomic E-state index is 0.0605. The number of carboxylic acid groups (broad SMARTS) is 1. The van der Waals surface area contributed by atoms with E-state index in [0.717, 1.165) is 0 Å². The van der Waals surface area contributed by atoms with Gasteiger partial charge in [-0.05, 0) is 37.5 Å². The first-order valence-corrected chi connectivity index (χ1v) is 12.5. The Morgan fingerprint density at radius 1 is 1.19 bits per heavy atom. The molecule has 2 atom stereocenters. The maximum Gasteiger partial charge on any atom is 0.407 e. The van der Waals surface area contributed by atoms with Crippen LogP contribution in [0.5, 0.6) is 5.75 Å². The van der Waals surface area contributed by atoms with Gasteiger partial charge in [0.25, 0.3) is 0 Å². The Labute approximate surface area is 222 Å². The van der Waals surface area contributed by atoms with E-state index in [1.165, 1.54) is 11.1 Å². The number of ether oxygens (including phenoxy) is 1. The quantitative estimate of drug-likeness (QED) is 0.516. The number of hydrogen-bond donors (Lipinski definition) is 2. The first-order valence-electron chi connectivity index (χ1n) is 11.7. The molecule has 1 aromatic heterocycles. The molecule has 3 heterocycles. The van der Waals surface area contributed by atoms with Crippen LogP contribution in [0.4, 0.5) is 25.3 Å². The summed E-state index contributed by atoms with van der Waals surface area (Å²) in [4.78, 5) is 37.6. The molecule has 2 aliphatic heterocycles. The molecule has 2 saturated heterocycles. The van der Waals surface area contributed by atoms with Crippen LogP contribution < -0.4 is 15.0 Å². The molecule has 0 aliphatic carbocycles. The van der Waals surface area contributed by atoms with Crippen LogP contribution in [0.15, 0.2) is 24.4 Å². The Morgan fingerprint density at radius 2 is 1.92 bits per heavy atom. The SMILES string of the molecule is C[C@@H](Nc1nc(N2CCN(C(=O)C3CCCN3C(=O)O)CC2)ncc1OC(F)F)c1ccc(Cl)cc1Cl. The Hall–Kier alpha value is -3.12. The Kier molecular flexibility index (Phi) is 8.38. The van der Waals surface area contributed by atoms with Crippen molar-refractivity contribution in [2.75, 3.05) is 42.9 Å². The number of carbonyl (C=O) groups is 2. The number of benzene rings is 1. The van der Waals surface area contributed by atoms with Crippen LogP contribution in [-0.4, -0.2) is 82.3 Å². The fourth-order valence-electron chi connectivity index (χ4n) is 4.52. The highest BCUT2D eigenvalue weighted by atomic mass is 35.5. The zero-order chi connectivity index (χ0) is 26.7. The molecule has 2 fully saturated rings. The van der Waals surface area contributed by atoms with Crippen molar-refractivity contribution >= 4 is 47.0 Å². The van der Waals surface area contributed by atoms with E-state index in [1.54, 1.807) is 30.0 Å². The van der Waals surface area contributed by atoms with Gasteiger partial charge in [-0.2, -0.15) is 13.8 Å². The smallest absolute Gasteiger partial charge is 0.407 e. The van der Waals surface area contributed by atoms with Gasteiger partial charge in [0, 0.05) is 42.8 Å². The number of halogens is 4. The van der Waals surface area contributed by atoms with Gasteiger partial charge in [0.15, 0.2) is 11.6 Å². The van der Waals surface area contributed by atoms with Crippen molar-refractivity contribution < 1.29 is 28.2 Å². The van der Waals surface area contributed by atoms with E-state index < -0.39 is 24.8 Å². The monoisotopic (exact) mass is 558 g/mol. The summed E-state index contributed by atoms with van der Waals surface area (Å²) in [6.45, 7) is 0.540. The zero-order valence-corrected chi connectivity index (χ0v) is 21.4. The molecule has 2 aliphatic rings. The fraction of sp³-hybridized carbons (Fsp3) is 0.478. The van der Waals surface area contributed by atoms with Crippen LogP contribution in [-0.2, 0) is 4.79 Å². The molecule has 200 valence electrons. The van der Waals surface area contributed by atoms with E-state index in [1.807, 2.05) is 4.90 Å². The van der Waals surface area contributed by atoms with Crippen molar-refractivity contribution in [1.82, 2.24) is 19.8 Å². The van der Waals surface area contributed by atoms with Crippen molar-refractivity contribution in [3.63, 3.8) is 0 Å². The highest BCUT2D eigenvalue weighted by Crippen LogP contribution is 2.32. The average Bonchev–Trinajstić information content (AvgIpc) is 3.35. The number of alkyl halides is 2. The molecule has 1 unspecified atom stereocenters. The Bertz CT molecular complexity index is 1150. The summed E-state index contributed by atoms with van der Waals surface area (Å²) in [5.41, 5.74) is 0.684. The number of nitrogens with zero attached hydrogens (tertiary/aromatic N) is 5. The van der Waals surface area contributed by atoms with Crippen LogP contribution in [0.2, 0.25) is 10.0 Å². The molecule has 2 N–H and O–H groups in total. The standard InChI is InChI=1S/C23H26Cl2F2N6O4/c1-13(15-5-4-14(24)11-16(15)25)29-19-18(37-21(26)27)12-28-22(30-19)32-9-7-31(8-10-32)20(34)17-3-2-6-33(17)23(35)36/h4-5,11-13,17,21H,2-3,6-10H2,1H3,(H,35,36)(H,28,29,30)/t13-,17?/m1/s1. The third-order valence-electron chi connectivity index (χ3n) is 6.40. The lowest BCUT2D eigenvalue weighted by atomic mass is 10.1. The normalized spacial score (nSPS) is 18.8. The summed E-state index contributed by atoms with van der Waals surface area (Å²) >= 11 is 12.3. The summed E-state index contributed by atoms with van der Waals surface area (Å²) in [5, 5.41) is 13.3. The molecule has 10 nitrogen and oxygen atoms in total.